The topological polar surface area (TPSA) is 110 Å². The number of aromatic nitrogens is 2. The largest absolute Gasteiger partial charge is 0.480 e. The lowest BCUT2D eigenvalue weighted by Gasteiger charge is -2.16. The van der Waals surface area contributed by atoms with Gasteiger partial charge in [0.25, 0.3) is 0 Å². The Bertz CT molecular complexity index is 430. The van der Waals surface area contributed by atoms with Gasteiger partial charge in [-0.25, -0.2) is 0 Å². The fourth-order valence-electron chi connectivity index (χ4n) is 1.39. The van der Waals surface area contributed by atoms with Crippen LogP contribution >= 0.6 is 0 Å². The number of rotatable bonds is 6. The molecule has 0 bridgehead atoms. The van der Waals surface area contributed by atoms with E-state index in [4.69, 9.17) is 10.8 Å². The minimum Gasteiger partial charge on any atom is -0.480 e. The van der Waals surface area contributed by atoms with Gasteiger partial charge in [0.05, 0.1) is 17.9 Å². The van der Waals surface area contributed by atoms with E-state index >= 15 is 0 Å². The predicted molar refractivity (Wildman–Crippen MR) is 65.9 cm³/mol. The first kappa shape index (κ1) is 14.2. The summed E-state index contributed by atoms with van der Waals surface area (Å²) in [5.41, 5.74) is 6.22. The van der Waals surface area contributed by atoms with Crippen molar-refractivity contribution in [1.82, 2.24) is 9.78 Å². The van der Waals surface area contributed by atoms with Gasteiger partial charge in [-0.05, 0) is 5.92 Å². The summed E-state index contributed by atoms with van der Waals surface area (Å²) >= 11 is 0. The van der Waals surface area contributed by atoms with E-state index in [0.29, 0.717) is 5.69 Å². The van der Waals surface area contributed by atoms with Crippen molar-refractivity contribution in [2.75, 3.05) is 5.32 Å². The number of carbonyl (C=O) groups excluding carboxylic acids is 1. The Balaban J connectivity index is 2.59. The van der Waals surface area contributed by atoms with E-state index in [1.54, 1.807) is 0 Å². The van der Waals surface area contributed by atoms with Crippen molar-refractivity contribution in [2.45, 2.75) is 32.9 Å². The number of nitrogens with one attached hydrogen (secondary N) is 1. The maximum Gasteiger partial charge on any atom is 0.325 e. The van der Waals surface area contributed by atoms with Crippen LogP contribution in [-0.4, -0.2) is 32.8 Å². The molecule has 0 aromatic carbocycles. The van der Waals surface area contributed by atoms with E-state index in [-0.39, 0.29) is 18.4 Å². The summed E-state index contributed by atoms with van der Waals surface area (Å²) in [5.74, 6) is -1.20. The number of aliphatic carboxylic acids is 1. The molecule has 18 heavy (non-hydrogen) atoms. The number of carbonyl (C=O) groups is 2. The van der Waals surface area contributed by atoms with Crippen LogP contribution in [0.25, 0.3) is 0 Å². The molecule has 1 rings (SSSR count). The molecule has 1 amide bonds. The first-order valence-electron chi connectivity index (χ1n) is 5.74. The van der Waals surface area contributed by atoms with Crippen molar-refractivity contribution in [1.29, 1.82) is 0 Å². The molecule has 0 spiro atoms. The molecular weight excluding hydrogens is 236 g/mol. The lowest BCUT2D eigenvalue weighted by molar-refractivity contribution is -0.137. The minimum absolute atomic E-state index is 0.0825. The lowest BCUT2D eigenvalue weighted by Crippen LogP contribution is -2.40. The fourth-order valence-corrected chi connectivity index (χ4v) is 1.39. The second kappa shape index (κ2) is 6.15. The van der Waals surface area contributed by atoms with Crippen LogP contribution in [0.4, 0.5) is 5.69 Å². The van der Waals surface area contributed by atoms with E-state index in [9.17, 15) is 9.59 Å². The first-order chi connectivity index (χ1) is 8.43. The molecule has 0 saturated heterocycles. The number of hydrogen-bond donors (Lipinski definition) is 3. The van der Waals surface area contributed by atoms with Crippen LogP contribution in [0.1, 0.15) is 20.3 Å². The van der Waals surface area contributed by atoms with Crippen LogP contribution in [0.15, 0.2) is 12.4 Å². The fraction of sp³-hybridized carbons (Fsp3) is 0.545. The van der Waals surface area contributed by atoms with Crippen molar-refractivity contribution in [3.05, 3.63) is 12.4 Å². The van der Waals surface area contributed by atoms with E-state index in [1.807, 2.05) is 13.8 Å². The van der Waals surface area contributed by atoms with Gasteiger partial charge in [0.1, 0.15) is 6.54 Å². The molecule has 1 unspecified atom stereocenters. The quantitative estimate of drug-likeness (QED) is 0.675. The Morgan fingerprint density at radius 1 is 1.61 bits per heavy atom. The van der Waals surface area contributed by atoms with Crippen molar-refractivity contribution in [3.63, 3.8) is 0 Å². The third-order valence-corrected chi connectivity index (χ3v) is 2.76. The molecule has 1 heterocycles. The molecule has 0 radical (unpaired) electrons. The van der Waals surface area contributed by atoms with E-state index in [0.717, 1.165) is 6.42 Å². The van der Waals surface area contributed by atoms with Crippen LogP contribution < -0.4 is 11.1 Å². The highest BCUT2D eigenvalue weighted by Crippen LogP contribution is 2.10. The summed E-state index contributed by atoms with van der Waals surface area (Å²) < 4.78 is 1.23. The Hall–Kier alpha value is -1.89. The molecule has 7 nitrogen and oxygen atoms in total. The van der Waals surface area contributed by atoms with Gasteiger partial charge < -0.3 is 16.2 Å². The summed E-state index contributed by atoms with van der Waals surface area (Å²) in [6.07, 6.45) is 3.66. The van der Waals surface area contributed by atoms with Gasteiger partial charge in [0.2, 0.25) is 5.91 Å². The summed E-state index contributed by atoms with van der Waals surface area (Å²) in [6.45, 7) is 3.62. The Labute approximate surface area is 105 Å². The molecular formula is C11H18N4O3. The molecule has 1 aromatic heterocycles. The molecule has 0 aliphatic heterocycles. The van der Waals surface area contributed by atoms with E-state index in [2.05, 4.69) is 10.4 Å². The zero-order valence-electron chi connectivity index (χ0n) is 10.5. The summed E-state index contributed by atoms with van der Waals surface area (Å²) in [7, 11) is 0. The number of carboxylic acids is 1. The van der Waals surface area contributed by atoms with E-state index < -0.39 is 12.0 Å². The standard InChI is InChI=1S/C11H18N4O3/c1-3-7(2)10(12)11(18)14-8-4-13-15(5-8)6-9(16)17/h4-5,7,10H,3,6,12H2,1-2H3,(H,14,18)(H,16,17)/t7?,10-/m0/s1. The van der Waals surface area contributed by atoms with Gasteiger partial charge in [-0.15, -0.1) is 0 Å². The third-order valence-electron chi connectivity index (χ3n) is 2.76. The van der Waals surface area contributed by atoms with Gasteiger partial charge in [-0.3, -0.25) is 14.3 Å². The second-order valence-electron chi connectivity index (χ2n) is 4.22. The highest BCUT2D eigenvalue weighted by atomic mass is 16.4. The van der Waals surface area contributed by atoms with Crippen LogP contribution in [0.2, 0.25) is 0 Å². The average molecular weight is 254 g/mol. The van der Waals surface area contributed by atoms with Crippen molar-refractivity contribution in [2.24, 2.45) is 11.7 Å². The normalized spacial score (nSPS) is 13.9. The van der Waals surface area contributed by atoms with Crippen molar-refractivity contribution in [3.8, 4) is 0 Å². The molecule has 1 aromatic rings. The maximum absolute atomic E-state index is 11.8. The van der Waals surface area contributed by atoms with Gasteiger partial charge in [-0.1, -0.05) is 20.3 Å². The highest BCUT2D eigenvalue weighted by molar-refractivity contribution is 5.94. The number of nitrogens with two attached hydrogens (primary N) is 1. The number of carboxylic acid groups (broad SMARTS) is 1. The Morgan fingerprint density at radius 2 is 2.28 bits per heavy atom. The van der Waals surface area contributed by atoms with Gasteiger partial charge >= 0.3 is 5.97 Å². The molecule has 0 fully saturated rings. The number of nitrogens with zero attached hydrogens (tertiary/aromatic N) is 2. The molecule has 0 saturated carbocycles. The zero-order valence-corrected chi connectivity index (χ0v) is 10.5. The van der Waals surface area contributed by atoms with Gasteiger partial charge in [-0.2, -0.15) is 5.10 Å². The zero-order chi connectivity index (χ0) is 13.7. The number of anilines is 1. The SMILES string of the molecule is CCC(C)[C@H](N)C(=O)Nc1cnn(CC(=O)O)c1. The van der Waals surface area contributed by atoms with Gasteiger partial charge in [0, 0.05) is 6.20 Å². The molecule has 4 N–H and O–H groups in total. The van der Waals surface area contributed by atoms with Crippen molar-refractivity contribution >= 4 is 17.6 Å². The van der Waals surface area contributed by atoms with Crippen LogP contribution in [0.5, 0.6) is 0 Å². The molecule has 7 heteroatoms. The third kappa shape index (κ3) is 3.85. The average Bonchev–Trinajstić information content (AvgIpc) is 2.73. The maximum atomic E-state index is 11.8. The van der Waals surface area contributed by atoms with Crippen LogP contribution in [0, 0.1) is 5.92 Å². The molecule has 2 atom stereocenters. The summed E-state index contributed by atoms with van der Waals surface area (Å²) in [5, 5.41) is 15.0. The first-order valence-corrected chi connectivity index (χ1v) is 5.74. The summed E-state index contributed by atoms with van der Waals surface area (Å²) in [4.78, 5) is 22.2. The lowest BCUT2D eigenvalue weighted by atomic mass is 9.99. The monoisotopic (exact) mass is 254 g/mol. The van der Waals surface area contributed by atoms with Crippen molar-refractivity contribution < 1.29 is 14.7 Å². The number of hydrogen-bond acceptors (Lipinski definition) is 4. The predicted octanol–water partition coefficient (Wildman–Crippen LogP) is 0.280. The molecule has 100 valence electrons. The highest BCUT2D eigenvalue weighted by Gasteiger charge is 2.19. The molecule has 0 aliphatic carbocycles. The Kier molecular flexibility index (Phi) is 4.85. The number of amides is 1. The molecule has 0 aliphatic rings. The van der Waals surface area contributed by atoms with Crippen LogP contribution in [-0.2, 0) is 16.1 Å². The van der Waals surface area contributed by atoms with Gasteiger partial charge in [0.15, 0.2) is 0 Å². The van der Waals surface area contributed by atoms with Crippen LogP contribution in [0.3, 0.4) is 0 Å². The van der Waals surface area contributed by atoms with E-state index in [1.165, 1.54) is 17.1 Å². The minimum atomic E-state index is -0.993. The smallest absolute Gasteiger partial charge is 0.325 e. The Morgan fingerprint density at radius 3 is 2.83 bits per heavy atom. The summed E-state index contributed by atoms with van der Waals surface area (Å²) in [6, 6.07) is -0.585. The second-order valence-corrected chi connectivity index (χ2v) is 4.22.